The number of carbonyl (C=O) groups is 1. The maximum absolute atomic E-state index is 12.0. The van der Waals surface area contributed by atoms with Crippen molar-refractivity contribution in [1.82, 2.24) is 15.4 Å². The van der Waals surface area contributed by atoms with Crippen molar-refractivity contribution in [2.24, 2.45) is 5.92 Å². The van der Waals surface area contributed by atoms with Crippen molar-refractivity contribution in [1.29, 1.82) is 0 Å². The van der Waals surface area contributed by atoms with Crippen LogP contribution in [0.25, 0.3) is 0 Å². The number of rotatable bonds is 7. The summed E-state index contributed by atoms with van der Waals surface area (Å²) in [6, 6.07) is 6.60. The third-order valence-electron chi connectivity index (χ3n) is 3.43. The highest BCUT2D eigenvalue weighted by Gasteiger charge is 2.17. The van der Waals surface area contributed by atoms with Crippen LogP contribution in [0.1, 0.15) is 12.0 Å². The molecule has 0 radical (unpaired) electrons. The molecule has 0 bridgehead atoms. The van der Waals surface area contributed by atoms with Crippen LogP contribution < -0.4 is 15.4 Å². The average molecular weight is 311 g/mol. The summed E-state index contributed by atoms with van der Waals surface area (Å²) in [5.74, 6) is 0.367. The van der Waals surface area contributed by atoms with Gasteiger partial charge in [-0.3, -0.25) is 4.79 Å². The first-order valence-electron chi connectivity index (χ1n) is 7.01. The Morgan fingerprint density at radius 3 is 2.52 bits per heavy atom. The van der Waals surface area contributed by atoms with Crippen LogP contribution >= 0.6 is 0 Å². The van der Waals surface area contributed by atoms with E-state index in [0.717, 1.165) is 18.7 Å². The Hall–Kier alpha value is -1.44. The zero-order valence-corrected chi connectivity index (χ0v) is 12.9. The quantitative estimate of drug-likeness (QED) is 0.661. The molecular formula is C14H21N3O3S. The van der Waals surface area contributed by atoms with Gasteiger partial charge in [0.2, 0.25) is 15.9 Å². The van der Waals surface area contributed by atoms with Gasteiger partial charge in [0.25, 0.3) is 0 Å². The highest BCUT2D eigenvalue weighted by Crippen LogP contribution is 2.09. The molecule has 1 aromatic carbocycles. The molecule has 1 aliphatic rings. The largest absolute Gasteiger partial charge is 0.356 e. The van der Waals surface area contributed by atoms with E-state index in [2.05, 4.69) is 15.4 Å². The predicted octanol–water partition coefficient (Wildman–Crippen LogP) is -0.000980. The van der Waals surface area contributed by atoms with Gasteiger partial charge in [0, 0.05) is 38.5 Å². The third-order valence-corrected chi connectivity index (χ3v) is 4.91. The van der Waals surface area contributed by atoms with Crippen molar-refractivity contribution in [3.8, 4) is 0 Å². The molecule has 0 aromatic heterocycles. The summed E-state index contributed by atoms with van der Waals surface area (Å²) in [7, 11) is -3.54. The first-order valence-corrected chi connectivity index (χ1v) is 8.49. The van der Waals surface area contributed by atoms with E-state index in [0.29, 0.717) is 12.5 Å². The van der Waals surface area contributed by atoms with Gasteiger partial charge in [-0.1, -0.05) is 17.7 Å². The molecule has 1 aromatic rings. The van der Waals surface area contributed by atoms with E-state index in [9.17, 15) is 13.2 Å². The molecule has 1 aliphatic heterocycles. The summed E-state index contributed by atoms with van der Waals surface area (Å²) in [5.41, 5.74) is 0.999. The number of sulfonamides is 1. The van der Waals surface area contributed by atoms with Crippen molar-refractivity contribution < 1.29 is 13.2 Å². The molecule has 1 amide bonds. The van der Waals surface area contributed by atoms with Gasteiger partial charge in [0.1, 0.15) is 0 Å². The first-order chi connectivity index (χ1) is 9.97. The highest BCUT2D eigenvalue weighted by atomic mass is 32.2. The Labute approximate surface area is 125 Å². The van der Waals surface area contributed by atoms with E-state index in [1.54, 1.807) is 24.3 Å². The number of aryl methyl sites for hydroxylation is 1. The number of hydrogen-bond acceptors (Lipinski definition) is 4. The molecule has 0 spiro atoms. The fourth-order valence-electron chi connectivity index (χ4n) is 1.94. The lowest BCUT2D eigenvalue weighted by Gasteiger charge is -2.27. The summed E-state index contributed by atoms with van der Waals surface area (Å²) < 4.78 is 26.4. The van der Waals surface area contributed by atoms with Crippen molar-refractivity contribution >= 4 is 15.9 Å². The fraction of sp³-hybridized carbons (Fsp3) is 0.500. The monoisotopic (exact) mass is 311 g/mol. The number of amides is 1. The average Bonchev–Trinajstić information content (AvgIpc) is 2.37. The zero-order chi connectivity index (χ0) is 15.3. The van der Waals surface area contributed by atoms with Gasteiger partial charge in [-0.2, -0.15) is 0 Å². The molecule has 21 heavy (non-hydrogen) atoms. The number of nitrogens with one attached hydrogen (secondary N) is 3. The Bertz CT molecular complexity index is 580. The molecule has 0 saturated carbocycles. The van der Waals surface area contributed by atoms with Gasteiger partial charge >= 0.3 is 0 Å². The van der Waals surface area contributed by atoms with E-state index in [-0.39, 0.29) is 23.8 Å². The van der Waals surface area contributed by atoms with Crippen LogP contribution in [-0.4, -0.2) is 40.5 Å². The Morgan fingerprint density at radius 1 is 1.29 bits per heavy atom. The van der Waals surface area contributed by atoms with E-state index >= 15 is 0 Å². The van der Waals surface area contributed by atoms with Crippen molar-refractivity contribution in [3.05, 3.63) is 29.8 Å². The van der Waals surface area contributed by atoms with Crippen molar-refractivity contribution in [3.63, 3.8) is 0 Å². The number of hydrogen-bond donors (Lipinski definition) is 3. The fourth-order valence-corrected chi connectivity index (χ4v) is 2.97. The van der Waals surface area contributed by atoms with Crippen molar-refractivity contribution in [2.75, 3.05) is 26.2 Å². The lowest BCUT2D eigenvalue weighted by molar-refractivity contribution is -0.121. The topological polar surface area (TPSA) is 87.3 Å². The van der Waals surface area contributed by atoms with Crippen LogP contribution in [-0.2, 0) is 14.8 Å². The van der Waals surface area contributed by atoms with Crippen LogP contribution in [0.3, 0.4) is 0 Å². The lowest BCUT2D eigenvalue weighted by atomic mass is 10.0. The Kier molecular flexibility index (Phi) is 5.33. The molecule has 0 atom stereocenters. The molecule has 7 heteroatoms. The minimum Gasteiger partial charge on any atom is -0.356 e. The third kappa shape index (κ3) is 4.80. The summed E-state index contributed by atoms with van der Waals surface area (Å²) in [4.78, 5) is 11.8. The van der Waals surface area contributed by atoms with Crippen LogP contribution in [0, 0.1) is 12.8 Å². The number of carbonyl (C=O) groups excluding carboxylic acids is 1. The van der Waals surface area contributed by atoms with E-state index in [1.165, 1.54) is 0 Å². The van der Waals surface area contributed by atoms with E-state index in [4.69, 9.17) is 0 Å². The Balaban J connectivity index is 1.73. The molecule has 3 N–H and O–H groups in total. The maximum atomic E-state index is 12.0. The van der Waals surface area contributed by atoms with Gasteiger partial charge in [0.05, 0.1) is 4.90 Å². The molecule has 1 saturated heterocycles. The first kappa shape index (κ1) is 15.9. The molecule has 6 nitrogen and oxygen atoms in total. The summed E-state index contributed by atoms with van der Waals surface area (Å²) >= 11 is 0. The SMILES string of the molecule is Cc1ccc(S(=O)(=O)NCCC(=O)NCC2CNC2)cc1. The van der Waals surface area contributed by atoms with Crippen LogP contribution in [0.5, 0.6) is 0 Å². The standard InChI is InChI=1S/C14H21N3O3S/c1-11-2-4-13(5-3-11)21(19,20)17-7-6-14(18)16-10-12-8-15-9-12/h2-5,12,15,17H,6-10H2,1H3,(H,16,18). The second-order valence-corrected chi connectivity index (χ2v) is 7.06. The molecular weight excluding hydrogens is 290 g/mol. The van der Waals surface area contributed by atoms with Gasteiger partial charge in [-0.15, -0.1) is 0 Å². The zero-order valence-electron chi connectivity index (χ0n) is 12.1. The van der Waals surface area contributed by atoms with Gasteiger partial charge in [0.15, 0.2) is 0 Å². The number of benzene rings is 1. The predicted molar refractivity (Wildman–Crippen MR) is 80.4 cm³/mol. The van der Waals surface area contributed by atoms with E-state index < -0.39 is 10.0 Å². The summed E-state index contributed by atoms with van der Waals surface area (Å²) in [5, 5.41) is 5.93. The molecule has 2 rings (SSSR count). The summed E-state index contributed by atoms with van der Waals surface area (Å²) in [6.07, 6.45) is 0.144. The molecule has 1 fully saturated rings. The second-order valence-electron chi connectivity index (χ2n) is 5.29. The second kappa shape index (κ2) is 7.02. The van der Waals surface area contributed by atoms with Crippen LogP contribution in [0.15, 0.2) is 29.2 Å². The molecule has 116 valence electrons. The van der Waals surface area contributed by atoms with Crippen LogP contribution in [0.2, 0.25) is 0 Å². The minimum absolute atomic E-state index is 0.102. The molecule has 0 unspecified atom stereocenters. The van der Waals surface area contributed by atoms with E-state index in [1.807, 2.05) is 6.92 Å². The van der Waals surface area contributed by atoms with Crippen LogP contribution in [0.4, 0.5) is 0 Å². The van der Waals surface area contributed by atoms with Gasteiger partial charge in [-0.05, 0) is 19.1 Å². The van der Waals surface area contributed by atoms with Crippen molar-refractivity contribution in [2.45, 2.75) is 18.2 Å². The highest BCUT2D eigenvalue weighted by molar-refractivity contribution is 7.89. The molecule has 0 aliphatic carbocycles. The van der Waals surface area contributed by atoms with Gasteiger partial charge < -0.3 is 10.6 Å². The smallest absolute Gasteiger partial charge is 0.240 e. The normalized spacial score (nSPS) is 15.5. The Morgan fingerprint density at radius 2 is 1.95 bits per heavy atom. The lowest BCUT2D eigenvalue weighted by Crippen LogP contribution is -2.48. The molecule has 1 heterocycles. The summed E-state index contributed by atoms with van der Waals surface area (Å²) in [6.45, 7) is 4.51. The van der Waals surface area contributed by atoms with Gasteiger partial charge in [-0.25, -0.2) is 13.1 Å². The minimum atomic E-state index is -3.54. The maximum Gasteiger partial charge on any atom is 0.240 e.